The Hall–Kier alpha value is -3.23. The standard InChI is InChI=1S/C26H28ClN3O4S/c1-20-8-9-21(27)18-25(20)28-14-16-29(17-15-28)26(31)19-30(22-10-12-23(34-2)13-11-22)35(32,33)24-6-4-3-5-7-24/h3-13,18H,14-17,19H2,1-2H3. The highest BCUT2D eigenvalue weighted by molar-refractivity contribution is 7.92. The summed E-state index contributed by atoms with van der Waals surface area (Å²) in [4.78, 5) is 17.3. The van der Waals surface area contributed by atoms with Gasteiger partial charge in [0.1, 0.15) is 12.3 Å². The third-order valence-electron chi connectivity index (χ3n) is 6.11. The van der Waals surface area contributed by atoms with E-state index >= 15 is 0 Å². The maximum absolute atomic E-state index is 13.5. The van der Waals surface area contributed by atoms with Gasteiger partial charge in [0.05, 0.1) is 17.7 Å². The van der Waals surface area contributed by atoms with Crippen molar-refractivity contribution in [2.24, 2.45) is 0 Å². The highest BCUT2D eigenvalue weighted by Gasteiger charge is 2.30. The number of hydrogen-bond acceptors (Lipinski definition) is 5. The first-order valence-electron chi connectivity index (χ1n) is 11.3. The van der Waals surface area contributed by atoms with E-state index in [9.17, 15) is 13.2 Å². The molecule has 0 radical (unpaired) electrons. The van der Waals surface area contributed by atoms with E-state index in [4.69, 9.17) is 16.3 Å². The van der Waals surface area contributed by atoms with Crippen molar-refractivity contribution in [1.29, 1.82) is 0 Å². The Morgan fingerprint density at radius 3 is 2.26 bits per heavy atom. The number of sulfonamides is 1. The molecule has 0 unspecified atom stereocenters. The van der Waals surface area contributed by atoms with Crippen LogP contribution < -0.4 is 13.9 Å². The topological polar surface area (TPSA) is 70.2 Å². The van der Waals surface area contributed by atoms with E-state index < -0.39 is 10.0 Å². The summed E-state index contributed by atoms with van der Waals surface area (Å²) in [6, 6.07) is 20.6. The van der Waals surface area contributed by atoms with E-state index in [-0.39, 0.29) is 17.3 Å². The Morgan fingerprint density at radius 2 is 1.63 bits per heavy atom. The molecule has 0 saturated carbocycles. The number of carbonyl (C=O) groups is 1. The maximum Gasteiger partial charge on any atom is 0.264 e. The number of amides is 1. The van der Waals surface area contributed by atoms with Crippen LogP contribution in [0.25, 0.3) is 0 Å². The Bertz CT molecular complexity index is 1280. The zero-order valence-electron chi connectivity index (χ0n) is 19.7. The molecule has 0 aromatic heterocycles. The molecule has 0 spiro atoms. The van der Waals surface area contributed by atoms with Gasteiger partial charge in [0.2, 0.25) is 5.91 Å². The molecule has 0 aliphatic carbocycles. The fourth-order valence-corrected chi connectivity index (χ4v) is 5.73. The third-order valence-corrected chi connectivity index (χ3v) is 8.14. The Morgan fingerprint density at radius 1 is 0.971 bits per heavy atom. The van der Waals surface area contributed by atoms with Crippen molar-refractivity contribution in [3.05, 3.63) is 83.4 Å². The van der Waals surface area contributed by atoms with Crippen LogP contribution in [0.5, 0.6) is 5.75 Å². The first-order chi connectivity index (χ1) is 16.8. The molecule has 1 amide bonds. The number of methoxy groups -OCH3 is 1. The van der Waals surface area contributed by atoms with E-state index in [0.29, 0.717) is 42.6 Å². The lowest BCUT2D eigenvalue weighted by Gasteiger charge is -2.37. The van der Waals surface area contributed by atoms with Gasteiger partial charge < -0.3 is 14.5 Å². The van der Waals surface area contributed by atoms with E-state index in [1.807, 2.05) is 25.1 Å². The molecule has 7 nitrogen and oxygen atoms in total. The molecular weight excluding hydrogens is 486 g/mol. The molecule has 1 heterocycles. The monoisotopic (exact) mass is 513 g/mol. The summed E-state index contributed by atoms with van der Waals surface area (Å²) in [6.45, 7) is 4.01. The fourth-order valence-electron chi connectivity index (χ4n) is 4.13. The first kappa shape index (κ1) is 24.9. The van der Waals surface area contributed by atoms with Gasteiger partial charge in [-0.15, -0.1) is 0 Å². The Kier molecular flexibility index (Phi) is 7.52. The molecule has 0 bridgehead atoms. The molecule has 3 aromatic rings. The Balaban J connectivity index is 1.53. The predicted molar refractivity (Wildman–Crippen MR) is 139 cm³/mol. The highest BCUT2D eigenvalue weighted by Crippen LogP contribution is 2.27. The molecule has 184 valence electrons. The van der Waals surface area contributed by atoms with E-state index in [0.717, 1.165) is 15.6 Å². The summed E-state index contributed by atoms with van der Waals surface area (Å²) in [5.41, 5.74) is 2.57. The van der Waals surface area contributed by atoms with Gasteiger partial charge in [-0.1, -0.05) is 35.9 Å². The molecule has 0 N–H and O–H groups in total. The number of anilines is 2. The second-order valence-corrected chi connectivity index (χ2v) is 10.6. The maximum atomic E-state index is 13.5. The van der Waals surface area contributed by atoms with Crippen LogP contribution in [0.1, 0.15) is 5.56 Å². The summed E-state index contributed by atoms with van der Waals surface area (Å²) in [7, 11) is -2.41. The van der Waals surface area contributed by atoms with Crippen molar-refractivity contribution in [2.45, 2.75) is 11.8 Å². The van der Waals surface area contributed by atoms with Crippen LogP contribution in [0.3, 0.4) is 0 Å². The summed E-state index contributed by atoms with van der Waals surface area (Å²) < 4.78 is 33.4. The molecule has 1 aliphatic rings. The number of nitrogens with zero attached hydrogens (tertiary/aromatic N) is 3. The number of carbonyl (C=O) groups excluding carboxylic acids is 1. The summed E-state index contributed by atoms with van der Waals surface area (Å²) in [5, 5.41) is 0.672. The zero-order chi connectivity index (χ0) is 25.0. The van der Waals surface area contributed by atoms with Gasteiger partial charge in [0, 0.05) is 36.9 Å². The number of halogens is 1. The number of ether oxygens (including phenoxy) is 1. The largest absolute Gasteiger partial charge is 0.497 e. The minimum atomic E-state index is -3.95. The molecule has 1 fully saturated rings. The lowest BCUT2D eigenvalue weighted by Crippen LogP contribution is -2.52. The molecule has 1 aliphatic heterocycles. The lowest BCUT2D eigenvalue weighted by molar-refractivity contribution is -0.129. The van der Waals surface area contributed by atoms with Crippen molar-refractivity contribution < 1.29 is 17.9 Å². The zero-order valence-corrected chi connectivity index (χ0v) is 21.3. The lowest BCUT2D eigenvalue weighted by atomic mass is 10.1. The summed E-state index contributed by atoms with van der Waals surface area (Å²) >= 11 is 6.18. The molecule has 35 heavy (non-hydrogen) atoms. The average Bonchev–Trinajstić information content (AvgIpc) is 2.89. The number of aryl methyl sites for hydroxylation is 1. The highest BCUT2D eigenvalue weighted by atomic mass is 35.5. The fraction of sp³-hybridized carbons (Fsp3) is 0.269. The molecule has 1 saturated heterocycles. The van der Waals surface area contributed by atoms with Gasteiger partial charge in [-0.25, -0.2) is 8.42 Å². The number of benzene rings is 3. The Labute approximate surface area is 211 Å². The van der Waals surface area contributed by atoms with Crippen molar-refractivity contribution in [1.82, 2.24) is 4.90 Å². The minimum absolute atomic E-state index is 0.130. The average molecular weight is 514 g/mol. The van der Waals surface area contributed by atoms with Crippen molar-refractivity contribution >= 4 is 38.9 Å². The van der Waals surface area contributed by atoms with Crippen LogP contribution in [0.2, 0.25) is 5.02 Å². The van der Waals surface area contributed by atoms with Gasteiger partial charge in [-0.05, 0) is 61.0 Å². The SMILES string of the molecule is COc1ccc(N(CC(=O)N2CCN(c3cc(Cl)ccc3C)CC2)S(=O)(=O)c2ccccc2)cc1. The van der Waals surface area contributed by atoms with Crippen LogP contribution in [0.15, 0.2) is 77.7 Å². The smallest absolute Gasteiger partial charge is 0.264 e. The van der Waals surface area contributed by atoms with Gasteiger partial charge in [-0.2, -0.15) is 0 Å². The van der Waals surface area contributed by atoms with Gasteiger partial charge in [-0.3, -0.25) is 9.10 Å². The van der Waals surface area contributed by atoms with Gasteiger partial charge in [0.15, 0.2) is 0 Å². The number of piperazine rings is 1. The third kappa shape index (κ3) is 5.55. The summed E-state index contributed by atoms with van der Waals surface area (Å²) in [6.07, 6.45) is 0. The molecular formula is C26H28ClN3O4S. The molecule has 4 rings (SSSR count). The number of rotatable bonds is 7. The number of hydrogen-bond donors (Lipinski definition) is 0. The van der Waals surface area contributed by atoms with Gasteiger partial charge >= 0.3 is 0 Å². The van der Waals surface area contributed by atoms with E-state index in [1.54, 1.807) is 54.5 Å². The van der Waals surface area contributed by atoms with Crippen LogP contribution in [0.4, 0.5) is 11.4 Å². The normalized spacial score (nSPS) is 14.0. The van der Waals surface area contributed by atoms with Crippen LogP contribution in [-0.4, -0.2) is 59.1 Å². The molecule has 3 aromatic carbocycles. The van der Waals surface area contributed by atoms with E-state index in [1.165, 1.54) is 12.1 Å². The van der Waals surface area contributed by atoms with Crippen LogP contribution in [-0.2, 0) is 14.8 Å². The van der Waals surface area contributed by atoms with Crippen molar-refractivity contribution in [3.8, 4) is 5.75 Å². The quantitative estimate of drug-likeness (QED) is 0.473. The minimum Gasteiger partial charge on any atom is -0.497 e. The van der Waals surface area contributed by atoms with Crippen molar-refractivity contribution in [2.75, 3.05) is 49.0 Å². The predicted octanol–water partition coefficient (Wildman–Crippen LogP) is 4.20. The molecule has 0 atom stereocenters. The second kappa shape index (κ2) is 10.6. The second-order valence-electron chi connectivity index (χ2n) is 8.32. The van der Waals surface area contributed by atoms with Crippen LogP contribution in [0, 0.1) is 6.92 Å². The first-order valence-corrected chi connectivity index (χ1v) is 13.1. The van der Waals surface area contributed by atoms with Crippen molar-refractivity contribution in [3.63, 3.8) is 0 Å². The summed E-state index contributed by atoms with van der Waals surface area (Å²) in [5.74, 6) is 0.354. The van der Waals surface area contributed by atoms with E-state index in [2.05, 4.69) is 4.90 Å². The van der Waals surface area contributed by atoms with Gasteiger partial charge in [0.25, 0.3) is 10.0 Å². The van der Waals surface area contributed by atoms with Crippen LogP contribution >= 0.6 is 11.6 Å². The molecule has 9 heteroatoms.